The van der Waals surface area contributed by atoms with Gasteiger partial charge in [-0.15, -0.1) is 0 Å². The first-order valence-corrected chi connectivity index (χ1v) is 5.94. The normalized spacial score (nSPS) is 10.8. The maximum Gasteiger partial charge on any atom is 0.155 e. The van der Waals surface area contributed by atoms with Crippen LogP contribution in [-0.4, -0.2) is 19.9 Å². The van der Waals surface area contributed by atoms with Crippen LogP contribution in [0.5, 0.6) is 0 Å². The fourth-order valence-corrected chi connectivity index (χ4v) is 1.99. The van der Waals surface area contributed by atoms with Gasteiger partial charge in [-0.2, -0.15) is 5.10 Å². The van der Waals surface area contributed by atoms with Crippen molar-refractivity contribution in [2.45, 2.75) is 26.4 Å². The van der Waals surface area contributed by atoms with E-state index < -0.39 is 0 Å². The minimum Gasteiger partial charge on any atom is -0.391 e. The lowest BCUT2D eigenvalue weighted by Gasteiger charge is -2.00. The number of aliphatic hydroxyl groups is 1. The number of rotatable bonds is 4. The second kappa shape index (κ2) is 5.29. The molecular weight excluding hydrogens is 238 g/mol. The number of aliphatic hydroxyl groups excluding tert-OH is 1. The quantitative estimate of drug-likeness (QED) is 0.908. The average Bonchev–Trinajstić information content (AvgIpc) is 2.67. The molecule has 0 aliphatic carbocycles. The molecule has 0 unspecified atom stereocenters. The number of hydrogen-bond acceptors (Lipinski definition) is 3. The summed E-state index contributed by atoms with van der Waals surface area (Å²) in [6.07, 6.45) is 3.45. The second-order valence-electron chi connectivity index (χ2n) is 3.72. The van der Waals surface area contributed by atoms with E-state index in [1.54, 1.807) is 10.9 Å². The Morgan fingerprint density at radius 2 is 2.24 bits per heavy atom. The van der Waals surface area contributed by atoms with E-state index in [0.717, 1.165) is 18.5 Å². The molecule has 5 heteroatoms. The highest BCUT2D eigenvalue weighted by molar-refractivity contribution is 6.30. The molecular formula is C12H14ClN3O. The number of pyridine rings is 1. The Bertz CT molecular complexity index is 496. The third-order valence-electron chi connectivity index (χ3n) is 2.52. The summed E-state index contributed by atoms with van der Waals surface area (Å²) in [5.41, 5.74) is 1.53. The third-order valence-corrected chi connectivity index (χ3v) is 2.90. The van der Waals surface area contributed by atoms with Crippen molar-refractivity contribution in [1.29, 1.82) is 0 Å². The van der Waals surface area contributed by atoms with Gasteiger partial charge in [-0.3, -0.25) is 0 Å². The van der Waals surface area contributed by atoms with Crippen molar-refractivity contribution in [2.75, 3.05) is 0 Å². The van der Waals surface area contributed by atoms with Crippen molar-refractivity contribution < 1.29 is 5.11 Å². The summed E-state index contributed by atoms with van der Waals surface area (Å²) in [6, 6.07) is 5.54. The number of hydrogen-bond donors (Lipinski definition) is 1. The van der Waals surface area contributed by atoms with Crippen LogP contribution in [0.4, 0.5) is 0 Å². The monoisotopic (exact) mass is 251 g/mol. The van der Waals surface area contributed by atoms with Gasteiger partial charge >= 0.3 is 0 Å². The van der Waals surface area contributed by atoms with Crippen molar-refractivity contribution in [3.63, 3.8) is 0 Å². The van der Waals surface area contributed by atoms with Gasteiger partial charge < -0.3 is 5.11 Å². The second-order valence-corrected chi connectivity index (χ2v) is 4.08. The van der Waals surface area contributed by atoms with Gasteiger partial charge in [0.15, 0.2) is 5.82 Å². The van der Waals surface area contributed by atoms with Crippen molar-refractivity contribution in [1.82, 2.24) is 14.8 Å². The molecule has 4 nitrogen and oxygen atoms in total. The van der Waals surface area contributed by atoms with E-state index in [-0.39, 0.29) is 6.61 Å². The molecule has 0 aliphatic rings. The Morgan fingerprint density at radius 3 is 2.82 bits per heavy atom. The molecule has 0 fully saturated rings. The van der Waals surface area contributed by atoms with E-state index in [0.29, 0.717) is 16.5 Å². The minimum absolute atomic E-state index is 0.0962. The lowest BCUT2D eigenvalue weighted by molar-refractivity contribution is 0.280. The first-order valence-electron chi connectivity index (χ1n) is 5.56. The Kier molecular flexibility index (Phi) is 3.76. The van der Waals surface area contributed by atoms with Crippen LogP contribution in [0.1, 0.15) is 24.6 Å². The van der Waals surface area contributed by atoms with Gasteiger partial charge in [0, 0.05) is 11.8 Å². The third kappa shape index (κ3) is 2.33. The molecule has 0 aliphatic heterocycles. The smallest absolute Gasteiger partial charge is 0.155 e. The highest BCUT2D eigenvalue weighted by atomic mass is 35.5. The van der Waals surface area contributed by atoms with Crippen LogP contribution in [0.3, 0.4) is 0 Å². The van der Waals surface area contributed by atoms with E-state index in [4.69, 9.17) is 11.6 Å². The van der Waals surface area contributed by atoms with Crippen LogP contribution in [0.15, 0.2) is 24.4 Å². The SMILES string of the molecule is CCCc1nn(-c2ccccn2)c(Cl)c1CO. The van der Waals surface area contributed by atoms with Crippen LogP contribution in [0.25, 0.3) is 5.82 Å². The van der Waals surface area contributed by atoms with E-state index >= 15 is 0 Å². The summed E-state index contributed by atoms with van der Waals surface area (Å²) in [7, 11) is 0. The number of aryl methyl sites for hydroxylation is 1. The number of aromatic nitrogens is 3. The molecule has 17 heavy (non-hydrogen) atoms. The molecule has 0 spiro atoms. The zero-order valence-electron chi connectivity index (χ0n) is 9.60. The maximum absolute atomic E-state index is 9.33. The molecule has 0 saturated heterocycles. The maximum atomic E-state index is 9.33. The highest BCUT2D eigenvalue weighted by Crippen LogP contribution is 2.23. The summed E-state index contributed by atoms with van der Waals surface area (Å²) in [6.45, 7) is 1.97. The molecule has 1 N–H and O–H groups in total. The Labute approximate surface area is 105 Å². The van der Waals surface area contributed by atoms with Crippen LogP contribution in [-0.2, 0) is 13.0 Å². The van der Waals surface area contributed by atoms with Crippen molar-refractivity contribution in [3.8, 4) is 5.82 Å². The average molecular weight is 252 g/mol. The molecule has 0 radical (unpaired) electrons. The summed E-state index contributed by atoms with van der Waals surface area (Å²) >= 11 is 6.20. The van der Waals surface area contributed by atoms with Crippen LogP contribution >= 0.6 is 11.6 Å². The fraction of sp³-hybridized carbons (Fsp3) is 0.333. The zero-order valence-corrected chi connectivity index (χ0v) is 10.4. The van der Waals surface area contributed by atoms with E-state index in [1.807, 2.05) is 18.2 Å². The molecule has 0 bridgehead atoms. The first-order chi connectivity index (χ1) is 8.27. The molecule has 0 aromatic carbocycles. The van der Waals surface area contributed by atoms with E-state index in [2.05, 4.69) is 17.0 Å². The molecule has 2 aromatic heterocycles. The fourth-order valence-electron chi connectivity index (χ4n) is 1.70. The molecule has 2 aromatic rings. The lowest BCUT2D eigenvalue weighted by Crippen LogP contribution is -1.99. The van der Waals surface area contributed by atoms with Crippen LogP contribution in [0.2, 0.25) is 5.15 Å². The van der Waals surface area contributed by atoms with E-state index in [9.17, 15) is 5.11 Å². The molecule has 2 heterocycles. The number of nitrogens with zero attached hydrogens (tertiary/aromatic N) is 3. The van der Waals surface area contributed by atoms with Crippen molar-refractivity contribution >= 4 is 11.6 Å². The predicted molar refractivity (Wildman–Crippen MR) is 66.3 cm³/mol. The summed E-state index contributed by atoms with van der Waals surface area (Å²) in [4.78, 5) is 4.19. The van der Waals surface area contributed by atoms with Crippen molar-refractivity contribution in [2.24, 2.45) is 0 Å². The summed E-state index contributed by atoms with van der Waals surface area (Å²) in [5.74, 6) is 0.662. The topological polar surface area (TPSA) is 50.9 Å². The highest BCUT2D eigenvalue weighted by Gasteiger charge is 2.16. The summed E-state index contributed by atoms with van der Waals surface area (Å²) < 4.78 is 1.57. The van der Waals surface area contributed by atoms with Crippen LogP contribution in [0, 0.1) is 0 Å². The molecule has 0 saturated carbocycles. The molecule has 2 rings (SSSR count). The lowest BCUT2D eigenvalue weighted by atomic mass is 10.2. The van der Waals surface area contributed by atoms with Crippen molar-refractivity contribution in [3.05, 3.63) is 40.8 Å². The van der Waals surface area contributed by atoms with Gasteiger partial charge in [0.05, 0.1) is 12.3 Å². The molecule has 0 amide bonds. The van der Waals surface area contributed by atoms with Gasteiger partial charge in [0.25, 0.3) is 0 Å². The van der Waals surface area contributed by atoms with Crippen LogP contribution < -0.4 is 0 Å². The largest absolute Gasteiger partial charge is 0.391 e. The zero-order chi connectivity index (χ0) is 12.3. The van der Waals surface area contributed by atoms with Gasteiger partial charge in [-0.25, -0.2) is 9.67 Å². The minimum atomic E-state index is -0.0962. The van der Waals surface area contributed by atoms with Gasteiger partial charge in [0.1, 0.15) is 5.15 Å². The van der Waals surface area contributed by atoms with Gasteiger partial charge in [-0.05, 0) is 18.6 Å². The van der Waals surface area contributed by atoms with Gasteiger partial charge in [0.2, 0.25) is 0 Å². The Hall–Kier alpha value is -1.39. The first kappa shape index (κ1) is 12.1. The number of halogens is 1. The molecule has 90 valence electrons. The molecule has 0 atom stereocenters. The standard InChI is InChI=1S/C12H14ClN3O/c1-2-5-10-9(8-17)12(13)16(15-10)11-6-3-4-7-14-11/h3-4,6-7,17H,2,5,8H2,1H3. The predicted octanol–water partition coefficient (Wildman–Crippen LogP) is 2.37. The van der Waals surface area contributed by atoms with E-state index in [1.165, 1.54) is 0 Å². The Balaban J connectivity index is 2.49. The summed E-state index contributed by atoms with van der Waals surface area (Å²) in [5, 5.41) is 14.2. The Morgan fingerprint density at radius 1 is 1.41 bits per heavy atom. The van der Waals surface area contributed by atoms with Gasteiger partial charge in [-0.1, -0.05) is 31.0 Å².